The molecule has 0 saturated heterocycles. The van der Waals surface area contributed by atoms with Gasteiger partial charge in [-0.25, -0.2) is 4.39 Å². The molecule has 0 aliphatic rings. The van der Waals surface area contributed by atoms with Gasteiger partial charge in [0.25, 0.3) is 0 Å². The van der Waals surface area contributed by atoms with Gasteiger partial charge in [0.15, 0.2) is 0 Å². The normalized spacial score (nSPS) is 10.1. The van der Waals surface area contributed by atoms with Gasteiger partial charge >= 0.3 is 0 Å². The van der Waals surface area contributed by atoms with Crippen LogP contribution in [0.4, 0.5) is 15.8 Å². The minimum Gasteiger partial charge on any atom is -0.389 e. The molecular formula is C13H10BrFN2S. The molecule has 2 nitrogen and oxygen atoms in total. The van der Waals surface area contributed by atoms with Gasteiger partial charge in [-0.3, -0.25) is 0 Å². The zero-order chi connectivity index (χ0) is 13.1. The van der Waals surface area contributed by atoms with Crippen molar-refractivity contribution in [1.29, 1.82) is 0 Å². The Labute approximate surface area is 118 Å². The Bertz CT molecular complexity index is 601. The van der Waals surface area contributed by atoms with Crippen molar-refractivity contribution in [3.05, 3.63) is 58.3 Å². The lowest BCUT2D eigenvalue weighted by Crippen LogP contribution is -2.11. The van der Waals surface area contributed by atoms with Gasteiger partial charge in [-0.15, -0.1) is 0 Å². The zero-order valence-corrected chi connectivity index (χ0v) is 11.7. The standard InChI is InChI=1S/C13H10BrFN2S/c14-10-7-8(5-6-11(10)15)17-12-4-2-1-3-9(12)13(16)18/h1-7,17H,(H2,16,18). The summed E-state index contributed by atoms with van der Waals surface area (Å²) in [6.45, 7) is 0. The molecule has 0 saturated carbocycles. The Balaban J connectivity index is 2.34. The van der Waals surface area contributed by atoms with Crippen LogP contribution in [0.25, 0.3) is 0 Å². The molecule has 0 aliphatic carbocycles. The molecule has 2 rings (SSSR count). The molecule has 0 spiro atoms. The smallest absolute Gasteiger partial charge is 0.137 e. The monoisotopic (exact) mass is 324 g/mol. The van der Waals surface area contributed by atoms with Crippen LogP contribution in [-0.4, -0.2) is 4.99 Å². The van der Waals surface area contributed by atoms with Gasteiger partial charge in [0.2, 0.25) is 0 Å². The predicted octanol–water partition coefficient (Wildman–Crippen LogP) is 3.97. The Morgan fingerprint density at radius 2 is 1.94 bits per heavy atom. The van der Waals surface area contributed by atoms with E-state index in [1.165, 1.54) is 6.07 Å². The SMILES string of the molecule is NC(=S)c1ccccc1Nc1ccc(F)c(Br)c1. The van der Waals surface area contributed by atoms with Crippen molar-refractivity contribution in [3.63, 3.8) is 0 Å². The Hall–Kier alpha value is -1.46. The lowest BCUT2D eigenvalue weighted by molar-refractivity contribution is 0.621. The molecule has 0 unspecified atom stereocenters. The van der Waals surface area contributed by atoms with Crippen LogP contribution in [0.2, 0.25) is 0 Å². The predicted molar refractivity (Wildman–Crippen MR) is 79.7 cm³/mol. The van der Waals surface area contributed by atoms with Gasteiger partial charge in [0.1, 0.15) is 10.8 Å². The van der Waals surface area contributed by atoms with Crippen LogP contribution in [-0.2, 0) is 0 Å². The van der Waals surface area contributed by atoms with Crippen LogP contribution in [0.5, 0.6) is 0 Å². The summed E-state index contributed by atoms with van der Waals surface area (Å²) in [6.07, 6.45) is 0. The number of nitrogens with two attached hydrogens (primary N) is 1. The number of nitrogens with one attached hydrogen (secondary N) is 1. The number of benzene rings is 2. The number of para-hydroxylation sites is 1. The molecule has 2 aromatic rings. The van der Waals surface area contributed by atoms with Crippen molar-refractivity contribution < 1.29 is 4.39 Å². The fraction of sp³-hybridized carbons (Fsp3) is 0. The summed E-state index contributed by atoms with van der Waals surface area (Å²) >= 11 is 8.12. The van der Waals surface area contributed by atoms with E-state index in [0.717, 1.165) is 16.9 Å². The third-order valence-corrected chi connectivity index (χ3v) is 3.22. The van der Waals surface area contributed by atoms with Crippen molar-refractivity contribution in [2.24, 2.45) is 5.73 Å². The summed E-state index contributed by atoms with van der Waals surface area (Å²) in [5.74, 6) is -0.303. The van der Waals surface area contributed by atoms with Crippen LogP contribution in [0.3, 0.4) is 0 Å². The van der Waals surface area contributed by atoms with Crippen molar-refractivity contribution in [2.45, 2.75) is 0 Å². The van der Waals surface area contributed by atoms with Crippen LogP contribution in [0.15, 0.2) is 46.9 Å². The molecule has 92 valence electrons. The summed E-state index contributed by atoms with van der Waals surface area (Å²) in [5, 5.41) is 3.16. The average molecular weight is 325 g/mol. The molecule has 0 radical (unpaired) electrons. The van der Waals surface area contributed by atoms with Gasteiger partial charge in [-0.1, -0.05) is 24.4 Å². The minimum atomic E-state index is -0.303. The van der Waals surface area contributed by atoms with Gasteiger partial charge in [0, 0.05) is 16.9 Å². The molecule has 3 N–H and O–H groups in total. The maximum Gasteiger partial charge on any atom is 0.137 e. The summed E-state index contributed by atoms with van der Waals surface area (Å²) in [7, 11) is 0. The first kappa shape index (κ1) is 13.0. The Morgan fingerprint density at radius 3 is 2.61 bits per heavy atom. The van der Waals surface area contributed by atoms with Crippen molar-refractivity contribution >= 4 is 44.5 Å². The van der Waals surface area contributed by atoms with E-state index in [4.69, 9.17) is 18.0 Å². The highest BCUT2D eigenvalue weighted by molar-refractivity contribution is 9.10. The van der Waals surface area contributed by atoms with Gasteiger partial charge in [-0.2, -0.15) is 0 Å². The fourth-order valence-electron chi connectivity index (χ4n) is 1.54. The highest BCUT2D eigenvalue weighted by Crippen LogP contribution is 2.25. The third-order valence-electron chi connectivity index (χ3n) is 2.39. The molecule has 0 amide bonds. The first-order chi connectivity index (χ1) is 8.58. The molecule has 0 atom stereocenters. The number of halogens is 2. The second-order valence-corrected chi connectivity index (χ2v) is 4.96. The van der Waals surface area contributed by atoms with Crippen LogP contribution < -0.4 is 11.1 Å². The van der Waals surface area contributed by atoms with Gasteiger partial charge < -0.3 is 11.1 Å². The molecule has 0 bridgehead atoms. The molecule has 0 aliphatic heterocycles. The number of hydrogen-bond acceptors (Lipinski definition) is 2. The molecule has 5 heteroatoms. The average Bonchev–Trinajstić information content (AvgIpc) is 2.34. The van der Waals surface area contributed by atoms with Gasteiger partial charge in [-0.05, 0) is 46.3 Å². The van der Waals surface area contributed by atoms with Crippen LogP contribution in [0.1, 0.15) is 5.56 Å². The Morgan fingerprint density at radius 1 is 1.22 bits per heavy atom. The van der Waals surface area contributed by atoms with Gasteiger partial charge in [0.05, 0.1) is 4.47 Å². The lowest BCUT2D eigenvalue weighted by Gasteiger charge is -2.11. The highest BCUT2D eigenvalue weighted by atomic mass is 79.9. The molecular weight excluding hydrogens is 315 g/mol. The molecule has 0 fully saturated rings. The van der Waals surface area contributed by atoms with E-state index >= 15 is 0 Å². The number of thiocarbonyl (C=S) groups is 1. The molecule has 0 aromatic heterocycles. The number of hydrogen-bond donors (Lipinski definition) is 2. The Kier molecular flexibility index (Phi) is 3.93. The summed E-state index contributed by atoms with van der Waals surface area (Å²) in [4.78, 5) is 0.319. The van der Waals surface area contributed by atoms with Crippen molar-refractivity contribution in [3.8, 4) is 0 Å². The van der Waals surface area contributed by atoms with E-state index in [2.05, 4.69) is 21.2 Å². The number of anilines is 2. The van der Waals surface area contributed by atoms with E-state index in [-0.39, 0.29) is 5.82 Å². The maximum absolute atomic E-state index is 13.1. The minimum absolute atomic E-state index is 0.303. The second-order valence-electron chi connectivity index (χ2n) is 3.66. The van der Waals surface area contributed by atoms with E-state index in [1.54, 1.807) is 12.1 Å². The highest BCUT2D eigenvalue weighted by Gasteiger charge is 2.05. The molecule has 18 heavy (non-hydrogen) atoms. The molecule has 2 aromatic carbocycles. The van der Waals surface area contributed by atoms with Crippen LogP contribution in [0, 0.1) is 5.82 Å². The fourth-order valence-corrected chi connectivity index (χ4v) is 2.09. The van der Waals surface area contributed by atoms with E-state index in [9.17, 15) is 4.39 Å². The quantitative estimate of drug-likeness (QED) is 0.839. The van der Waals surface area contributed by atoms with Crippen molar-refractivity contribution in [2.75, 3.05) is 5.32 Å². The largest absolute Gasteiger partial charge is 0.389 e. The van der Waals surface area contributed by atoms with E-state index in [1.807, 2.05) is 24.3 Å². The first-order valence-corrected chi connectivity index (χ1v) is 6.39. The van der Waals surface area contributed by atoms with E-state index < -0.39 is 0 Å². The third kappa shape index (κ3) is 2.86. The van der Waals surface area contributed by atoms with Crippen molar-refractivity contribution in [1.82, 2.24) is 0 Å². The zero-order valence-electron chi connectivity index (χ0n) is 9.28. The summed E-state index contributed by atoms with van der Waals surface area (Å²) in [6, 6.07) is 12.1. The lowest BCUT2D eigenvalue weighted by atomic mass is 10.1. The van der Waals surface area contributed by atoms with Crippen LogP contribution >= 0.6 is 28.1 Å². The maximum atomic E-state index is 13.1. The number of rotatable bonds is 3. The summed E-state index contributed by atoms with van der Waals surface area (Å²) < 4.78 is 13.5. The topological polar surface area (TPSA) is 38.0 Å². The van der Waals surface area contributed by atoms with E-state index in [0.29, 0.717) is 9.46 Å². The summed E-state index contributed by atoms with van der Waals surface area (Å²) in [5.41, 5.74) is 7.95. The second kappa shape index (κ2) is 5.46. The first-order valence-electron chi connectivity index (χ1n) is 5.19. The molecule has 0 heterocycles.